The Labute approximate surface area is 99.6 Å². The van der Waals surface area contributed by atoms with Crippen LogP contribution in [0.3, 0.4) is 0 Å². The average Bonchev–Trinajstić information content (AvgIpc) is 2.64. The maximum Gasteiger partial charge on any atom is 0.174 e. The lowest BCUT2D eigenvalue weighted by Gasteiger charge is -2.09. The number of ketones is 1. The molecule has 15 heavy (non-hydrogen) atoms. The molecular formula is C11H16ClNOS. The first kappa shape index (κ1) is 12.7. The quantitative estimate of drug-likeness (QED) is 0.779. The average molecular weight is 246 g/mol. The molecule has 0 radical (unpaired) electrons. The zero-order valence-corrected chi connectivity index (χ0v) is 10.6. The summed E-state index contributed by atoms with van der Waals surface area (Å²) in [6.07, 6.45) is 1.63. The highest BCUT2D eigenvalue weighted by molar-refractivity contribution is 7.18. The van der Waals surface area contributed by atoms with Crippen molar-refractivity contribution in [3.8, 4) is 0 Å². The summed E-state index contributed by atoms with van der Waals surface area (Å²) in [5, 5.41) is 3.29. The molecule has 0 fully saturated rings. The maximum atomic E-state index is 11.6. The topological polar surface area (TPSA) is 29.1 Å². The largest absolute Gasteiger partial charge is 0.314 e. The van der Waals surface area contributed by atoms with Gasteiger partial charge in [0.05, 0.1) is 9.21 Å². The van der Waals surface area contributed by atoms with Crippen LogP contribution < -0.4 is 5.32 Å². The second-order valence-corrected chi connectivity index (χ2v) is 5.26. The molecule has 0 saturated carbocycles. The van der Waals surface area contributed by atoms with E-state index in [-0.39, 0.29) is 5.78 Å². The number of Topliss-reactive ketones (excluding diaryl/α,β-unsaturated/α-hetero) is 1. The smallest absolute Gasteiger partial charge is 0.174 e. The van der Waals surface area contributed by atoms with Crippen molar-refractivity contribution in [2.45, 2.75) is 32.7 Å². The number of hydrogen-bond acceptors (Lipinski definition) is 3. The van der Waals surface area contributed by atoms with E-state index in [4.69, 9.17) is 11.6 Å². The first-order chi connectivity index (χ1) is 7.13. The highest BCUT2D eigenvalue weighted by Gasteiger charge is 2.08. The summed E-state index contributed by atoms with van der Waals surface area (Å²) in [7, 11) is 0. The molecule has 0 saturated heterocycles. The van der Waals surface area contributed by atoms with Gasteiger partial charge in [0.1, 0.15) is 0 Å². The Hall–Kier alpha value is -0.380. The molecule has 4 heteroatoms. The number of carbonyl (C=O) groups excluding carboxylic acids is 1. The summed E-state index contributed by atoms with van der Waals surface area (Å²) in [6, 6.07) is 4.03. The molecule has 1 atom stereocenters. The molecule has 1 heterocycles. The number of nitrogens with one attached hydrogen (secondary N) is 1. The van der Waals surface area contributed by atoms with E-state index in [1.165, 1.54) is 11.3 Å². The maximum absolute atomic E-state index is 11.6. The molecule has 84 valence electrons. The van der Waals surface area contributed by atoms with Crippen LogP contribution in [0.15, 0.2) is 12.1 Å². The highest BCUT2D eigenvalue weighted by Crippen LogP contribution is 2.22. The normalized spacial score (nSPS) is 12.7. The van der Waals surface area contributed by atoms with Crippen LogP contribution in [0.25, 0.3) is 0 Å². The Bertz CT molecular complexity index is 324. The Morgan fingerprint density at radius 1 is 1.60 bits per heavy atom. The summed E-state index contributed by atoms with van der Waals surface area (Å²) in [4.78, 5) is 12.4. The molecule has 0 bridgehead atoms. The van der Waals surface area contributed by atoms with E-state index in [1.807, 2.05) is 0 Å². The van der Waals surface area contributed by atoms with Gasteiger partial charge in [0.25, 0.3) is 0 Å². The molecule has 0 aliphatic carbocycles. The van der Waals surface area contributed by atoms with Crippen LogP contribution >= 0.6 is 22.9 Å². The Kier molecular flexibility index (Phi) is 5.29. The summed E-state index contributed by atoms with van der Waals surface area (Å²) in [5.74, 6) is 0.169. The second-order valence-electron chi connectivity index (χ2n) is 3.54. The van der Waals surface area contributed by atoms with E-state index in [0.29, 0.717) is 16.8 Å². The van der Waals surface area contributed by atoms with Gasteiger partial charge in [-0.25, -0.2) is 0 Å². The molecule has 1 aromatic rings. The monoisotopic (exact) mass is 245 g/mol. The zero-order valence-electron chi connectivity index (χ0n) is 9.05. The lowest BCUT2D eigenvalue weighted by molar-refractivity contribution is 0.0985. The van der Waals surface area contributed by atoms with Crippen molar-refractivity contribution >= 4 is 28.7 Å². The van der Waals surface area contributed by atoms with E-state index in [1.54, 1.807) is 12.1 Å². The number of hydrogen-bond donors (Lipinski definition) is 1. The van der Waals surface area contributed by atoms with Crippen LogP contribution in [0.5, 0.6) is 0 Å². The fraction of sp³-hybridized carbons (Fsp3) is 0.545. The van der Waals surface area contributed by atoms with Gasteiger partial charge in [-0.3, -0.25) is 4.79 Å². The van der Waals surface area contributed by atoms with Crippen molar-refractivity contribution in [3.63, 3.8) is 0 Å². The van der Waals surface area contributed by atoms with Crippen molar-refractivity contribution < 1.29 is 4.79 Å². The fourth-order valence-corrected chi connectivity index (χ4v) is 2.17. The minimum Gasteiger partial charge on any atom is -0.314 e. The van der Waals surface area contributed by atoms with E-state index >= 15 is 0 Å². The Morgan fingerprint density at radius 3 is 2.87 bits per heavy atom. The van der Waals surface area contributed by atoms with E-state index in [9.17, 15) is 4.79 Å². The van der Waals surface area contributed by atoms with Gasteiger partial charge in [-0.05, 0) is 25.5 Å². The molecule has 0 amide bonds. The highest BCUT2D eigenvalue weighted by atomic mass is 35.5. The minimum absolute atomic E-state index is 0.169. The van der Waals surface area contributed by atoms with Gasteiger partial charge in [-0.2, -0.15) is 0 Å². The minimum atomic E-state index is 0.169. The lowest BCUT2D eigenvalue weighted by atomic mass is 10.2. The van der Waals surface area contributed by atoms with Crippen LogP contribution in [-0.4, -0.2) is 18.4 Å². The third-order valence-electron chi connectivity index (χ3n) is 2.31. The first-order valence-electron chi connectivity index (χ1n) is 5.15. The number of carbonyl (C=O) groups is 1. The summed E-state index contributed by atoms with van der Waals surface area (Å²) < 4.78 is 0.674. The molecule has 0 aromatic carbocycles. The molecule has 1 aromatic heterocycles. The molecule has 1 N–H and O–H groups in total. The van der Waals surface area contributed by atoms with Crippen LogP contribution in [0.2, 0.25) is 4.34 Å². The summed E-state index contributed by atoms with van der Waals surface area (Å²) in [5.41, 5.74) is 0. The van der Waals surface area contributed by atoms with Crippen molar-refractivity contribution in [1.82, 2.24) is 5.32 Å². The summed E-state index contributed by atoms with van der Waals surface area (Å²) >= 11 is 7.11. The van der Waals surface area contributed by atoms with Gasteiger partial charge in [-0.15, -0.1) is 11.3 Å². The number of thiophene rings is 1. The van der Waals surface area contributed by atoms with Crippen LogP contribution in [0, 0.1) is 0 Å². The predicted octanol–water partition coefficient (Wildman–Crippen LogP) is 3.36. The Balaban J connectivity index is 2.31. The fourth-order valence-electron chi connectivity index (χ4n) is 1.16. The van der Waals surface area contributed by atoms with Crippen LogP contribution in [0.1, 0.15) is 36.4 Å². The van der Waals surface area contributed by atoms with Crippen LogP contribution in [0.4, 0.5) is 0 Å². The van der Waals surface area contributed by atoms with E-state index in [2.05, 4.69) is 19.2 Å². The predicted molar refractivity (Wildman–Crippen MR) is 66.0 cm³/mol. The molecule has 0 spiro atoms. The molecule has 1 rings (SSSR count). The number of rotatable bonds is 6. The van der Waals surface area contributed by atoms with Gasteiger partial charge < -0.3 is 5.32 Å². The molecule has 0 aliphatic heterocycles. The van der Waals surface area contributed by atoms with Crippen LogP contribution in [-0.2, 0) is 0 Å². The molecular weight excluding hydrogens is 230 g/mol. The van der Waals surface area contributed by atoms with Gasteiger partial charge in [-0.1, -0.05) is 18.5 Å². The second kappa shape index (κ2) is 6.26. The molecule has 2 nitrogen and oxygen atoms in total. The SMILES string of the molecule is CCC(C)NCCC(=O)c1ccc(Cl)s1. The molecule has 1 unspecified atom stereocenters. The lowest BCUT2D eigenvalue weighted by Crippen LogP contribution is -2.27. The number of halogens is 1. The van der Waals surface area contributed by atoms with Crippen molar-refractivity contribution in [3.05, 3.63) is 21.3 Å². The third-order valence-corrected chi connectivity index (χ3v) is 3.58. The van der Waals surface area contributed by atoms with Crippen molar-refractivity contribution in [2.24, 2.45) is 0 Å². The zero-order chi connectivity index (χ0) is 11.3. The standard InChI is InChI=1S/C11H16ClNOS/c1-3-8(2)13-7-6-9(14)10-4-5-11(12)15-10/h4-5,8,13H,3,6-7H2,1-2H3. The van der Waals surface area contributed by atoms with Crippen molar-refractivity contribution in [2.75, 3.05) is 6.54 Å². The van der Waals surface area contributed by atoms with E-state index in [0.717, 1.165) is 17.8 Å². The van der Waals surface area contributed by atoms with Gasteiger partial charge >= 0.3 is 0 Å². The van der Waals surface area contributed by atoms with Gasteiger partial charge in [0.2, 0.25) is 0 Å². The third kappa shape index (κ3) is 4.33. The molecule has 0 aliphatic rings. The first-order valence-corrected chi connectivity index (χ1v) is 6.34. The van der Waals surface area contributed by atoms with Gasteiger partial charge in [0, 0.05) is 19.0 Å². The van der Waals surface area contributed by atoms with Gasteiger partial charge in [0.15, 0.2) is 5.78 Å². The van der Waals surface area contributed by atoms with Crippen molar-refractivity contribution in [1.29, 1.82) is 0 Å². The van der Waals surface area contributed by atoms with E-state index < -0.39 is 0 Å². The summed E-state index contributed by atoms with van der Waals surface area (Å²) in [6.45, 7) is 4.98. The Morgan fingerprint density at radius 2 is 2.33 bits per heavy atom.